The first-order chi connectivity index (χ1) is 9.73. The molecule has 5 nitrogen and oxygen atoms in total. The zero-order valence-electron chi connectivity index (χ0n) is 10.9. The highest BCUT2D eigenvalue weighted by Gasteiger charge is 2.31. The van der Waals surface area contributed by atoms with E-state index in [1.165, 1.54) is 6.92 Å². The van der Waals surface area contributed by atoms with Crippen LogP contribution in [0.1, 0.15) is 23.7 Å². The van der Waals surface area contributed by atoms with Crippen molar-refractivity contribution in [3.05, 3.63) is 29.8 Å². The van der Waals surface area contributed by atoms with Crippen LogP contribution < -0.4 is 4.74 Å². The largest absolute Gasteiger partial charge is 0.573 e. The second-order valence-electron chi connectivity index (χ2n) is 3.82. The fraction of sp³-hybridized carbons (Fsp3) is 0.308. The minimum absolute atomic E-state index is 0.00222. The summed E-state index contributed by atoms with van der Waals surface area (Å²) in [7, 11) is 0. The Labute approximate surface area is 117 Å². The number of alkyl halides is 3. The maximum absolute atomic E-state index is 11.9. The molecule has 0 bridgehead atoms. The van der Waals surface area contributed by atoms with Gasteiger partial charge in [-0.3, -0.25) is 9.59 Å². The summed E-state index contributed by atoms with van der Waals surface area (Å²) in [5.74, 6) is -3.33. The molecule has 0 saturated carbocycles. The van der Waals surface area contributed by atoms with Gasteiger partial charge >= 0.3 is 12.3 Å². The normalized spacial score (nSPS) is 10.9. The van der Waals surface area contributed by atoms with E-state index in [-0.39, 0.29) is 12.2 Å². The van der Waals surface area contributed by atoms with Gasteiger partial charge in [0.05, 0.1) is 13.0 Å². The van der Waals surface area contributed by atoms with Crippen LogP contribution in [-0.4, -0.2) is 30.5 Å². The van der Waals surface area contributed by atoms with E-state index >= 15 is 0 Å². The first-order valence-corrected chi connectivity index (χ1v) is 5.82. The third-order valence-corrected chi connectivity index (χ3v) is 2.23. The maximum atomic E-state index is 11.9. The third-order valence-electron chi connectivity index (χ3n) is 2.23. The minimum atomic E-state index is -4.83. The molecule has 1 rings (SSSR count). The molecule has 8 heteroatoms. The zero-order valence-corrected chi connectivity index (χ0v) is 10.9. The molecular formula is C13H11F3O5. The first kappa shape index (κ1) is 16.7. The van der Waals surface area contributed by atoms with Crippen molar-refractivity contribution in [3.8, 4) is 5.75 Å². The van der Waals surface area contributed by atoms with Crippen LogP contribution in [0.15, 0.2) is 24.3 Å². The van der Waals surface area contributed by atoms with Crippen molar-refractivity contribution in [1.29, 1.82) is 0 Å². The Morgan fingerprint density at radius 1 is 1.10 bits per heavy atom. The fourth-order valence-corrected chi connectivity index (χ4v) is 1.37. The van der Waals surface area contributed by atoms with Gasteiger partial charge in [-0.2, -0.15) is 0 Å². The number of rotatable bonds is 6. The summed E-state index contributed by atoms with van der Waals surface area (Å²) in [6.45, 7) is 1.51. The Morgan fingerprint density at radius 2 is 1.67 bits per heavy atom. The average molecular weight is 304 g/mol. The van der Waals surface area contributed by atoms with Gasteiger partial charge in [0.25, 0.3) is 0 Å². The average Bonchev–Trinajstić information content (AvgIpc) is 2.37. The lowest BCUT2D eigenvalue weighted by Crippen LogP contribution is -2.20. The van der Waals surface area contributed by atoms with Crippen LogP contribution in [0.3, 0.4) is 0 Å². The summed E-state index contributed by atoms with van der Waals surface area (Å²) < 4.78 is 43.9. The molecule has 1 aromatic rings. The van der Waals surface area contributed by atoms with Gasteiger partial charge in [-0.05, 0) is 31.2 Å². The molecule has 0 N–H and O–H groups in total. The molecule has 0 heterocycles. The molecule has 0 spiro atoms. The van der Waals surface area contributed by atoms with E-state index in [0.717, 1.165) is 24.3 Å². The Kier molecular flexibility index (Phi) is 5.45. The summed E-state index contributed by atoms with van der Waals surface area (Å²) in [6, 6.07) is 4.02. The minimum Gasteiger partial charge on any atom is -0.460 e. The van der Waals surface area contributed by atoms with Crippen molar-refractivity contribution in [1.82, 2.24) is 0 Å². The molecule has 0 fully saturated rings. The Balaban J connectivity index is 2.67. The van der Waals surface area contributed by atoms with Crippen LogP contribution >= 0.6 is 0 Å². The number of ketones is 2. The summed E-state index contributed by atoms with van der Waals surface area (Å²) >= 11 is 0. The predicted molar refractivity (Wildman–Crippen MR) is 63.7 cm³/mol. The second kappa shape index (κ2) is 6.87. The monoisotopic (exact) mass is 304 g/mol. The Morgan fingerprint density at radius 3 is 2.14 bits per heavy atom. The lowest BCUT2D eigenvalue weighted by atomic mass is 10.1. The quantitative estimate of drug-likeness (QED) is 0.349. The fourth-order valence-electron chi connectivity index (χ4n) is 1.37. The Hall–Kier alpha value is -2.38. The van der Waals surface area contributed by atoms with Gasteiger partial charge in [0.2, 0.25) is 5.78 Å². The van der Waals surface area contributed by atoms with Gasteiger partial charge in [0.1, 0.15) is 5.75 Å². The zero-order chi connectivity index (χ0) is 16.0. The lowest BCUT2D eigenvalue weighted by molar-refractivity contribution is -0.274. The van der Waals surface area contributed by atoms with Gasteiger partial charge in [-0.1, -0.05) is 0 Å². The number of carbonyl (C=O) groups is 3. The number of Topliss-reactive ketones (excluding diaryl/α,β-unsaturated/α-hetero) is 2. The van der Waals surface area contributed by atoms with E-state index in [1.807, 2.05) is 0 Å². The van der Waals surface area contributed by atoms with Crippen molar-refractivity contribution < 1.29 is 37.0 Å². The smallest absolute Gasteiger partial charge is 0.460 e. The predicted octanol–water partition coefficient (Wildman–Crippen LogP) is 2.29. The van der Waals surface area contributed by atoms with Crippen LogP contribution in [-0.2, 0) is 14.3 Å². The molecule has 0 aliphatic rings. The standard InChI is InChI=1S/C13H11F3O5/c1-2-20-12(19)11(18)7-10(17)8-3-5-9(6-4-8)21-13(14,15)16/h3-6H,2,7H2,1H3. The maximum Gasteiger partial charge on any atom is 0.573 e. The van der Waals surface area contributed by atoms with Crippen LogP contribution in [0.5, 0.6) is 5.75 Å². The molecule has 0 radical (unpaired) electrons. The van der Waals surface area contributed by atoms with E-state index in [0.29, 0.717) is 0 Å². The van der Waals surface area contributed by atoms with Gasteiger partial charge in [0, 0.05) is 5.56 Å². The van der Waals surface area contributed by atoms with E-state index in [4.69, 9.17) is 0 Å². The number of carbonyl (C=O) groups excluding carboxylic acids is 3. The Bertz CT molecular complexity index is 534. The topological polar surface area (TPSA) is 69.7 Å². The number of ether oxygens (including phenoxy) is 2. The molecule has 0 saturated heterocycles. The third kappa shape index (κ3) is 5.64. The van der Waals surface area contributed by atoms with Crippen LogP contribution in [0.2, 0.25) is 0 Å². The molecule has 114 valence electrons. The number of halogens is 3. The van der Waals surface area contributed by atoms with Crippen molar-refractivity contribution in [3.63, 3.8) is 0 Å². The number of hydrogen-bond acceptors (Lipinski definition) is 5. The van der Waals surface area contributed by atoms with Crippen molar-refractivity contribution >= 4 is 17.5 Å². The van der Waals surface area contributed by atoms with Crippen molar-refractivity contribution in [2.75, 3.05) is 6.61 Å². The summed E-state index contributed by atoms with van der Waals surface area (Å²) in [4.78, 5) is 34.0. The number of benzene rings is 1. The molecule has 0 aliphatic carbocycles. The van der Waals surface area contributed by atoms with Crippen LogP contribution in [0.4, 0.5) is 13.2 Å². The molecule has 0 aromatic heterocycles. The molecule has 21 heavy (non-hydrogen) atoms. The van der Waals surface area contributed by atoms with Gasteiger partial charge in [0.15, 0.2) is 5.78 Å². The van der Waals surface area contributed by atoms with Gasteiger partial charge < -0.3 is 9.47 Å². The highest BCUT2D eigenvalue weighted by Crippen LogP contribution is 2.23. The molecule has 0 amide bonds. The van der Waals surface area contributed by atoms with Crippen LogP contribution in [0, 0.1) is 0 Å². The lowest BCUT2D eigenvalue weighted by Gasteiger charge is -2.08. The molecule has 1 aromatic carbocycles. The van der Waals surface area contributed by atoms with E-state index in [1.54, 1.807) is 0 Å². The van der Waals surface area contributed by atoms with Crippen molar-refractivity contribution in [2.24, 2.45) is 0 Å². The SMILES string of the molecule is CCOC(=O)C(=O)CC(=O)c1ccc(OC(F)(F)F)cc1. The van der Waals surface area contributed by atoms with Crippen molar-refractivity contribution in [2.45, 2.75) is 19.7 Å². The number of esters is 1. The van der Waals surface area contributed by atoms with E-state index < -0.39 is 36.1 Å². The molecule has 0 aliphatic heterocycles. The van der Waals surface area contributed by atoms with Crippen LogP contribution in [0.25, 0.3) is 0 Å². The first-order valence-electron chi connectivity index (χ1n) is 5.82. The van der Waals surface area contributed by atoms with Gasteiger partial charge in [-0.25, -0.2) is 4.79 Å². The highest BCUT2D eigenvalue weighted by atomic mass is 19.4. The molecule has 0 atom stereocenters. The highest BCUT2D eigenvalue weighted by molar-refractivity contribution is 6.38. The van der Waals surface area contributed by atoms with E-state index in [2.05, 4.69) is 9.47 Å². The summed E-state index contributed by atoms with van der Waals surface area (Å²) in [5.41, 5.74) is -0.0119. The summed E-state index contributed by atoms with van der Waals surface area (Å²) in [6.07, 6.45) is -5.54. The molecular weight excluding hydrogens is 293 g/mol. The van der Waals surface area contributed by atoms with E-state index in [9.17, 15) is 27.6 Å². The number of hydrogen-bond donors (Lipinski definition) is 0. The second-order valence-corrected chi connectivity index (χ2v) is 3.82. The van der Waals surface area contributed by atoms with Gasteiger partial charge in [-0.15, -0.1) is 13.2 Å². The summed E-state index contributed by atoms with van der Waals surface area (Å²) in [5, 5.41) is 0. The molecule has 0 unspecified atom stereocenters.